The summed E-state index contributed by atoms with van der Waals surface area (Å²) in [6.45, 7) is 1.76. The maximum Gasteiger partial charge on any atom is 0.337 e. The van der Waals surface area contributed by atoms with Crippen molar-refractivity contribution in [1.29, 1.82) is 0 Å². The Labute approximate surface area is 200 Å². The fourth-order valence-corrected chi connectivity index (χ4v) is 4.26. The van der Waals surface area contributed by atoms with Crippen LogP contribution < -0.4 is 5.32 Å². The Morgan fingerprint density at radius 3 is 2.27 bits per heavy atom. The Morgan fingerprint density at radius 1 is 1.00 bits per heavy atom. The number of hydrogen-bond donors (Lipinski definition) is 3. The van der Waals surface area contributed by atoms with Crippen LogP contribution in [0.4, 0.5) is 5.69 Å². The van der Waals surface area contributed by atoms with Crippen LogP contribution in [0.1, 0.15) is 17.3 Å². The minimum atomic E-state index is -1.16. The van der Waals surface area contributed by atoms with Gasteiger partial charge in [-0.15, -0.1) is 0 Å². The number of halogens is 1. The first-order valence-electron chi connectivity index (χ1n) is 10.1. The molecular formula is C25H20ClN3O3S. The van der Waals surface area contributed by atoms with E-state index in [1.807, 2.05) is 60.7 Å². The quantitative estimate of drug-likeness (QED) is 0.275. The molecule has 6 nitrogen and oxygen atoms in total. The molecule has 1 heterocycles. The van der Waals surface area contributed by atoms with Gasteiger partial charge in [0.25, 0.3) is 0 Å². The molecule has 1 atom stereocenters. The largest absolute Gasteiger partial charge is 0.478 e. The number of rotatable bonds is 7. The summed E-state index contributed by atoms with van der Waals surface area (Å²) in [4.78, 5) is 32.2. The number of benzene rings is 3. The maximum absolute atomic E-state index is 12.8. The number of anilines is 1. The lowest BCUT2D eigenvalue weighted by atomic mass is 10.1. The van der Waals surface area contributed by atoms with Crippen molar-refractivity contribution in [1.82, 2.24) is 9.97 Å². The van der Waals surface area contributed by atoms with Crippen molar-refractivity contribution in [2.45, 2.75) is 17.3 Å². The van der Waals surface area contributed by atoms with Gasteiger partial charge in [0.1, 0.15) is 0 Å². The first-order valence-corrected chi connectivity index (χ1v) is 11.4. The van der Waals surface area contributed by atoms with Gasteiger partial charge in [0.05, 0.1) is 27.2 Å². The van der Waals surface area contributed by atoms with Gasteiger partial charge < -0.3 is 15.4 Å². The number of aromatic amines is 1. The number of aromatic carboxylic acids is 1. The highest BCUT2D eigenvalue weighted by Gasteiger charge is 2.20. The van der Waals surface area contributed by atoms with Crippen molar-refractivity contribution >= 4 is 40.9 Å². The molecule has 0 saturated heterocycles. The predicted octanol–water partition coefficient (Wildman–Crippen LogP) is 6.21. The zero-order valence-corrected chi connectivity index (χ0v) is 19.2. The van der Waals surface area contributed by atoms with Gasteiger partial charge >= 0.3 is 5.97 Å². The van der Waals surface area contributed by atoms with Gasteiger partial charge in [-0.3, -0.25) is 4.79 Å². The molecule has 0 spiro atoms. The molecular weight excluding hydrogens is 458 g/mol. The lowest BCUT2D eigenvalue weighted by molar-refractivity contribution is -0.115. The van der Waals surface area contributed by atoms with Crippen LogP contribution in [0.25, 0.3) is 22.5 Å². The zero-order chi connectivity index (χ0) is 23.4. The Bertz CT molecular complexity index is 1240. The van der Waals surface area contributed by atoms with Crippen LogP contribution in [-0.4, -0.2) is 32.2 Å². The number of imidazole rings is 1. The van der Waals surface area contributed by atoms with Crippen molar-refractivity contribution in [3.05, 3.63) is 89.4 Å². The van der Waals surface area contributed by atoms with E-state index >= 15 is 0 Å². The van der Waals surface area contributed by atoms with E-state index in [0.29, 0.717) is 10.8 Å². The third kappa shape index (κ3) is 5.27. The fourth-order valence-electron chi connectivity index (χ4n) is 3.26. The summed E-state index contributed by atoms with van der Waals surface area (Å²) < 4.78 is 0. The molecule has 0 radical (unpaired) electrons. The van der Waals surface area contributed by atoms with E-state index in [-0.39, 0.29) is 16.5 Å². The van der Waals surface area contributed by atoms with E-state index < -0.39 is 11.2 Å². The summed E-state index contributed by atoms with van der Waals surface area (Å²) in [6, 6.07) is 24.1. The molecule has 1 amide bonds. The van der Waals surface area contributed by atoms with E-state index in [4.69, 9.17) is 16.6 Å². The molecule has 0 aliphatic rings. The summed E-state index contributed by atoms with van der Waals surface area (Å²) in [7, 11) is 0. The van der Waals surface area contributed by atoms with Gasteiger partial charge in [-0.25, -0.2) is 9.78 Å². The monoisotopic (exact) mass is 477 g/mol. The number of carboxylic acid groups (broad SMARTS) is 1. The molecule has 33 heavy (non-hydrogen) atoms. The van der Waals surface area contributed by atoms with Crippen LogP contribution in [0.15, 0.2) is 84.0 Å². The van der Waals surface area contributed by atoms with Gasteiger partial charge in [-0.1, -0.05) is 84.0 Å². The van der Waals surface area contributed by atoms with E-state index in [0.717, 1.165) is 22.5 Å². The summed E-state index contributed by atoms with van der Waals surface area (Å²) in [5, 5.41) is 12.2. The number of H-pyrrole nitrogens is 1. The van der Waals surface area contributed by atoms with Crippen molar-refractivity contribution in [2.75, 3.05) is 5.32 Å². The molecule has 1 unspecified atom stereocenters. The topological polar surface area (TPSA) is 95.1 Å². The fraction of sp³-hybridized carbons (Fsp3) is 0.0800. The van der Waals surface area contributed by atoms with Crippen molar-refractivity contribution in [3.63, 3.8) is 0 Å². The number of carbonyl (C=O) groups excluding carboxylic acids is 1. The molecule has 0 fully saturated rings. The number of carboxylic acids is 1. The molecule has 4 rings (SSSR count). The van der Waals surface area contributed by atoms with Crippen LogP contribution in [0.2, 0.25) is 5.02 Å². The summed E-state index contributed by atoms with van der Waals surface area (Å²) in [5.41, 5.74) is 3.94. The highest BCUT2D eigenvalue weighted by Crippen LogP contribution is 2.34. The zero-order valence-electron chi connectivity index (χ0n) is 17.6. The predicted molar refractivity (Wildman–Crippen MR) is 132 cm³/mol. The standard InChI is InChI=1S/C25H20ClN3O3S/c1-15(23(30)27-18-12-13-20(26)19(14-18)24(31)32)33-25-28-21(16-8-4-2-5-9-16)22(29-25)17-10-6-3-7-11-17/h2-15H,1H3,(H,27,30)(H,28,29)(H,31,32). The number of amides is 1. The van der Waals surface area contributed by atoms with Crippen LogP contribution in [0.3, 0.4) is 0 Å². The van der Waals surface area contributed by atoms with Crippen LogP contribution in [0, 0.1) is 0 Å². The number of nitrogens with zero attached hydrogens (tertiary/aromatic N) is 1. The smallest absolute Gasteiger partial charge is 0.337 e. The molecule has 8 heteroatoms. The second-order valence-corrected chi connectivity index (χ2v) is 8.98. The number of carbonyl (C=O) groups is 2. The number of aromatic nitrogens is 2. The first kappa shape index (κ1) is 22.6. The number of thioether (sulfide) groups is 1. The van der Waals surface area contributed by atoms with E-state index in [9.17, 15) is 14.7 Å². The lowest BCUT2D eigenvalue weighted by Crippen LogP contribution is -2.22. The SMILES string of the molecule is CC(Sc1nc(-c2ccccc2)c(-c2ccccc2)[nH]1)C(=O)Nc1ccc(Cl)c(C(=O)O)c1. The van der Waals surface area contributed by atoms with Gasteiger partial charge in [0.15, 0.2) is 5.16 Å². The first-order chi connectivity index (χ1) is 15.9. The Morgan fingerprint density at radius 2 is 1.64 bits per heavy atom. The van der Waals surface area contributed by atoms with Crippen molar-refractivity contribution < 1.29 is 14.7 Å². The van der Waals surface area contributed by atoms with Gasteiger partial charge in [-0.2, -0.15) is 0 Å². The minimum absolute atomic E-state index is 0.0687. The molecule has 0 aliphatic carbocycles. The Kier molecular flexibility index (Phi) is 6.82. The third-order valence-electron chi connectivity index (χ3n) is 4.91. The molecule has 4 aromatic rings. The molecule has 0 saturated carbocycles. The van der Waals surface area contributed by atoms with Crippen LogP contribution in [-0.2, 0) is 4.79 Å². The molecule has 3 N–H and O–H groups in total. The highest BCUT2D eigenvalue weighted by atomic mass is 35.5. The van der Waals surface area contributed by atoms with Crippen molar-refractivity contribution in [2.24, 2.45) is 0 Å². The number of hydrogen-bond acceptors (Lipinski definition) is 4. The van der Waals surface area contributed by atoms with Crippen LogP contribution in [0.5, 0.6) is 0 Å². The summed E-state index contributed by atoms with van der Waals surface area (Å²) in [5.74, 6) is -1.44. The third-order valence-corrected chi connectivity index (χ3v) is 6.23. The molecule has 166 valence electrons. The average Bonchev–Trinajstić information content (AvgIpc) is 3.25. The van der Waals surface area contributed by atoms with Gasteiger partial charge in [0, 0.05) is 16.8 Å². The second-order valence-electron chi connectivity index (χ2n) is 7.25. The van der Waals surface area contributed by atoms with Crippen molar-refractivity contribution in [3.8, 4) is 22.5 Å². The normalized spacial score (nSPS) is 11.7. The van der Waals surface area contributed by atoms with Gasteiger partial charge in [-0.05, 0) is 25.1 Å². The van der Waals surface area contributed by atoms with E-state index in [1.165, 1.54) is 23.9 Å². The van der Waals surface area contributed by atoms with Crippen LogP contribution >= 0.6 is 23.4 Å². The molecule has 1 aromatic heterocycles. The Hall–Kier alpha value is -3.55. The lowest BCUT2D eigenvalue weighted by Gasteiger charge is -2.11. The molecule has 0 bridgehead atoms. The molecule has 0 aliphatic heterocycles. The Balaban J connectivity index is 1.56. The second kappa shape index (κ2) is 9.94. The highest BCUT2D eigenvalue weighted by molar-refractivity contribution is 8.00. The summed E-state index contributed by atoms with van der Waals surface area (Å²) in [6.07, 6.45) is 0. The minimum Gasteiger partial charge on any atom is -0.478 e. The van der Waals surface area contributed by atoms with E-state index in [1.54, 1.807) is 13.0 Å². The number of nitrogens with one attached hydrogen (secondary N) is 2. The molecule has 3 aromatic carbocycles. The van der Waals surface area contributed by atoms with E-state index in [2.05, 4.69) is 10.3 Å². The summed E-state index contributed by atoms with van der Waals surface area (Å²) >= 11 is 7.19. The average molecular weight is 478 g/mol. The maximum atomic E-state index is 12.8. The van der Waals surface area contributed by atoms with Gasteiger partial charge in [0.2, 0.25) is 5.91 Å².